The molecule has 0 radical (unpaired) electrons. The van der Waals surface area contributed by atoms with Crippen LogP contribution in [0.15, 0.2) is 11.0 Å². The molecule has 0 aromatic carbocycles. The fourth-order valence-electron chi connectivity index (χ4n) is 1.80. The standard InChI is InChI=1S/C10H12N2O3/c1-15-10(14)8-5-12-9(13)6-2-3-11-4-7(6)8/h5,11H,2-4H2,1H3,(H,12,13). The van der Waals surface area contributed by atoms with Crippen LogP contribution in [0.2, 0.25) is 0 Å². The number of hydrogen-bond acceptors (Lipinski definition) is 4. The van der Waals surface area contributed by atoms with E-state index in [2.05, 4.69) is 15.0 Å². The second-order valence-electron chi connectivity index (χ2n) is 3.41. The van der Waals surface area contributed by atoms with Gasteiger partial charge < -0.3 is 15.0 Å². The van der Waals surface area contributed by atoms with Gasteiger partial charge in [0.1, 0.15) is 0 Å². The third kappa shape index (κ3) is 1.66. The zero-order valence-electron chi connectivity index (χ0n) is 8.42. The van der Waals surface area contributed by atoms with Gasteiger partial charge in [-0.05, 0) is 18.5 Å². The molecule has 1 aromatic heterocycles. The Morgan fingerprint density at radius 3 is 3.00 bits per heavy atom. The average Bonchev–Trinajstić information content (AvgIpc) is 2.29. The van der Waals surface area contributed by atoms with Gasteiger partial charge in [0, 0.05) is 18.3 Å². The van der Waals surface area contributed by atoms with E-state index in [0.717, 1.165) is 12.1 Å². The van der Waals surface area contributed by atoms with Gasteiger partial charge in [-0.25, -0.2) is 4.79 Å². The van der Waals surface area contributed by atoms with Crippen molar-refractivity contribution >= 4 is 5.97 Å². The fraction of sp³-hybridized carbons (Fsp3) is 0.400. The van der Waals surface area contributed by atoms with Crippen molar-refractivity contribution in [1.29, 1.82) is 0 Å². The first-order valence-corrected chi connectivity index (χ1v) is 4.76. The van der Waals surface area contributed by atoms with Crippen molar-refractivity contribution < 1.29 is 9.53 Å². The first-order valence-electron chi connectivity index (χ1n) is 4.76. The zero-order chi connectivity index (χ0) is 10.8. The third-order valence-electron chi connectivity index (χ3n) is 2.57. The molecule has 0 saturated carbocycles. The highest BCUT2D eigenvalue weighted by atomic mass is 16.5. The molecule has 0 fully saturated rings. The van der Waals surface area contributed by atoms with E-state index in [1.807, 2.05) is 0 Å². The molecular weight excluding hydrogens is 196 g/mol. The number of carbonyl (C=O) groups is 1. The number of methoxy groups -OCH3 is 1. The first-order chi connectivity index (χ1) is 7.24. The first kappa shape index (κ1) is 9.92. The number of rotatable bonds is 1. The molecule has 80 valence electrons. The van der Waals surface area contributed by atoms with Crippen LogP contribution in [0.4, 0.5) is 0 Å². The summed E-state index contributed by atoms with van der Waals surface area (Å²) in [4.78, 5) is 25.5. The lowest BCUT2D eigenvalue weighted by atomic mass is 9.99. The smallest absolute Gasteiger partial charge is 0.339 e. The van der Waals surface area contributed by atoms with E-state index in [-0.39, 0.29) is 5.56 Å². The van der Waals surface area contributed by atoms with E-state index < -0.39 is 5.97 Å². The van der Waals surface area contributed by atoms with E-state index in [1.165, 1.54) is 13.3 Å². The Hall–Kier alpha value is -1.62. The highest BCUT2D eigenvalue weighted by Crippen LogP contribution is 2.14. The summed E-state index contributed by atoms with van der Waals surface area (Å²) in [5, 5.41) is 3.13. The van der Waals surface area contributed by atoms with Crippen molar-refractivity contribution in [2.45, 2.75) is 13.0 Å². The number of ether oxygens (including phenoxy) is 1. The number of nitrogens with one attached hydrogen (secondary N) is 2. The Morgan fingerprint density at radius 1 is 1.47 bits per heavy atom. The summed E-state index contributed by atoms with van der Waals surface area (Å²) in [5.74, 6) is -0.411. The normalized spacial score (nSPS) is 14.5. The summed E-state index contributed by atoms with van der Waals surface area (Å²) in [5.41, 5.74) is 1.78. The highest BCUT2D eigenvalue weighted by Gasteiger charge is 2.20. The fourth-order valence-corrected chi connectivity index (χ4v) is 1.80. The van der Waals surface area contributed by atoms with Gasteiger partial charge in [0.15, 0.2) is 0 Å². The molecule has 0 unspecified atom stereocenters. The van der Waals surface area contributed by atoms with Crippen LogP contribution >= 0.6 is 0 Å². The van der Waals surface area contributed by atoms with Crippen molar-refractivity contribution in [2.24, 2.45) is 0 Å². The topological polar surface area (TPSA) is 71.2 Å². The SMILES string of the molecule is COC(=O)c1c[nH]c(=O)c2c1CNCC2. The van der Waals surface area contributed by atoms with Crippen LogP contribution in [0.3, 0.4) is 0 Å². The lowest BCUT2D eigenvalue weighted by Gasteiger charge is -2.18. The Kier molecular flexibility index (Phi) is 2.55. The van der Waals surface area contributed by atoms with Crippen LogP contribution in [-0.2, 0) is 17.7 Å². The molecule has 5 heteroatoms. The molecule has 2 N–H and O–H groups in total. The molecule has 0 saturated heterocycles. The number of fused-ring (bicyclic) bond motifs is 1. The van der Waals surface area contributed by atoms with E-state index in [4.69, 9.17) is 0 Å². The van der Waals surface area contributed by atoms with E-state index in [1.54, 1.807) is 0 Å². The quantitative estimate of drug-likeness (QED) is 0.627. The van der Waals surface area contributed by atoms with Gasteiger partial charge in [-0.1, -0.05) is 0 Å². The molecular formula is C10H12N2O3. The number of pyridine rings is 1. The predicted octanol–water partition coefficient (Wildman–Crippen LogP) is -0.193. The van der Waals surface area contributed by atoms with Crippen LogP contribution in [-0.4, -0.2) is 24.6 Å². The van der Waals surface area contributed by atoms with Gasteiger partial charge in [-0.15, -0.1) is 0 Å². The molecule has 15 heavy (non-hydrogen) atoms. The van der Waals surface area contributed by atoms with Gasteiger partial charge in [-0.3, -0.25) is 4.79 Å². The van der Waals surface area contributed by atoms with Crippen LogP contribution in [0.1, 0.15) is 21.5 Å². The minimum atomic E-state index is -0.411. The number of aromatic amines is 1. The van der Waals surface area contributed by atoms with Crippen LogP contribution in [0, 0.1) is 0 Å². The summed E-state index contributed by atoms with van der Waals surface area (Å²) in [6.45, 7) is 1.31. The van der Waals surface area contributed by atoms with Crippen molar-refractivity contribution in [3.05, 3.63) is 33.2 Å². The molecule has 0 atom stereocenters. The third-order valence-corrected chi connectivity index (χ3v) is 2.57. The lowest BCUT2D eigenvalue weighted by Crippen LogP contribution is -2.31. The summed E-state index contributed by atoms with van der Waals surface area (Å²) < 4.78 is 4.65. The van der Waals surface area contributed by atoms with Gasteiger partial charge >= 0.3 is 5.97 Å². The summed E-state index contributed by atoms with van der Waals surface area (Å²) in [7, 11) is 1.33. The molecule has 5 nitrogen and oxygen atoms in total. The molecule has 1 aliphatic rings. The zero-order valence-corrected chi connectivity index (χ0v) is 8.42. The van der Waals surface area contributed by atoms with Crippen molar-refractivity contribution in [2.75, 3.05) is 13.7 Å². The van der Waals surface area contributed by atoms with Crippen molar-refractivity contribution in [3.63, 3.8) is 0 Å². The molecule has 2 heterocycles. The monoisotopic (exact) mass is 208 g/mol. The van der Waals surface area contributed by atoms with Crippen LogP contribution < -0.4 is 10.9 Å². The maximum atomic E-state index is 11.5. The highest BCUT2D eigenvalue weighted by molar-refractivity contribution is 5.91. The Balaban J connectivity index is 2.57. The molecule has 0 bridgehead atoms. The van der Waals surface area contributed by atoms with Crippen LogP contribution in [0.25, 0.3) is 0 Å². The van der Waals surface area contributed by atoms with Gasteiger partial charge in [0.05, 0.1) is 12.7 Å². The lowest BCUT2D eigenvalue weighted by molar-refractivity contribution is 0.0598. The molecule has 1 aliphatic heterocycles. The van der Waals surface area contributed by atoms with Crippen molar-refractivity contribution in [1.82, 2.24) is 10.3 Å². The Bertz CT molecular complexity index is 450. The Labute approximate surface area is 86.5 Å². The summed E-state index contributed by atoms with van der Waals surface area (Å²) in [6, 6.07) is 0. The largest absolute Gasteiger partial charge is 0.465 e. The minimum absolute atomic E-state index is 0.112. The molecule has 0 spiro atoms. The predicted molar refractivity (Wildman–Crippen MR) is 53.8 cm³/mol. The number of carbonyl (C=O) groups excluding carboxylic acids is 1. The van der Waals surface area contributed by atoms with Crippen LogP contribution in [0.5, 0.6) is 0 Å². The van der Waals surface area contributed by atoms with Crippen molar-refractivity contribution in [3.8, 4) is 0 Å². The second-order valence-corrected chi connectivity index (χ2v) is 3.41. The Morgan fingerprint density at radius 2 is 2.27 bits per heavy atom. The second kappa shape index (κ2) is 3.86. The van der Waals surface area contributed by atoms with Gasteiger partial charge in [0.2, 0.25) is 0 Å². The maximum absolute atomic E-state index is 11.5. The van der Waals surface area contributed by atoms with E-state index >= 15 is 0 Å². The number of esters is 1. The van der Waals surface area contributed by atoms with Gasteiger partial charge in [-0.2, -0.15) is 0 Å². The molecule has 0 aliphatic carbocycles. The summed E-state index contributed by atoms with van der Waals surface area (Å²) in [6.07, 6.45) is 2.06. The molecule has 2 rings (SSSR count). The number of H-pyrrole nitrogens is 1. The number of aromatic nitrogens is 1. The van der Waals surface area contributed by atoms with E-state index in [0.29, 0.717) is 24.1 Å². The summed E-state index contributed by atoms with van der Waals surface area (Å²) >= 11 is 0. The van der Waals surface area contributed by atoms with Gasteiger partial charge in [0.25, 0.3) is 5.56 Å². The molecule has 0 amide bonds. The van der Waals surface area contributed by atoms with E-state index in [9.17, 15) is 9.59 Å². The minimum Gasteiger partial charge on any atom is -0.465 e. The molecule has 1 aromatic rings. The average molecular weight is 208 g/mol. The maximum Gasteiger partial charge on any atom is 0.339 e. The number of hydrogen-bond donors (Lipinski definition) is 2.